The summed E-state index contributed by atoms with van der Waals surface area (Å²) in [5, 5.41) is 13.6. The molecule has 0 unspecified atom stereocenters. The highest BCUT2D eigenvalue weighted by atomic mass is 16.6. The summed E-state index contributed by atoms with van der Waals surface area (Å²) >= 11 is 0. The van der Waals surface area contributed by atoms with E-state index < -0.39 is 10.8 Å². The molecule has 2 aromatic rings. The maximum Gasteiger partial charge on any atom is 0.296 e. The van der Waals surface area contributed by atoms with Crippen LogP contribution in [0, 0.1) is 10.1 Å². The minimum atomic E-state index is -0.573. The number of nitro benzene ring substituents is 1. The van der Waals surface area contributed by atoms with Crippen LogP contribution in [0.1, 0.15) is 17.4 Å². The van der Waals surface area contributed by atoms with E-state index in [1.54, 1.807) is 25.1 Å². The molecular formula is C14H13N3O4. The van der Waals surface area contributed by atoms with Gasteiger partial charge >= 0.3 is 0 Å². The zero-order valence-electron chi connectivity index (χ0n) is 11.3. The van der Waals surface area contributed by atoms with Crippen LogP contribution < -0.4 is 10.1 Å². The molecule has 1 N–H and O–H groups in total. The van der Waals surface area contributed by atoms with Gasteiger partial charge in [0.25, 0.3) is 11.6 Å². The lowest BCUT2D eigenvalue weighted by atomic mass is 10.2. The first-order valence-electron chi connectivity index (χ1n) is 6.25. The normalized spacial score (nSPS) is 9.95. The largest absolute Gasteiger partial charge is 0.494 e. The van der Waals surface area contributed by atoms with Gasteiger partial charge in [-0.3, -0.25) is 19.9 Å². The summed E-state index contributed by atoms with van der Waals surface area (Å²) in [5.41, 5.74) is 0.0463. The van der Waals surface area contributed by atoms with E-state index in [-0.39, 0.29) is 17.1 Å². The maximum absolute atomic E-state index is 12.0. The van der Waals surface area contributed by atoms with Crippen molar-refractivity contribution in [3.63, 3.8) is 0 Å². The van der Waals surface area contributed by atoms with Crippen molar-refractivity contribution in [2.24, 2.45) is 0 Å². The third-order valence-electron chi connectivity index (χ3n) is 2.62. The van der Waals surface area contributed by atoms with Crippen molar-refractivity contribution in [3.05, 3.63) is 58.4 Å². The molecule has 2 rings (SSSR count). The second kappa shape index (κ2) is 6.47. The van der Waals surface area contributed by atoms with E-state index >= 15 is 0 Å². The first-order chi connectivity index (χ1) is 10.1. The van der Waals surface area contributed by atoms with Gasteiger partial charge in [0.1, 0.15) is 17.1 Å². The highest BCUT2D eigenvalue weighted by molar-refractivity contribution is 6.04. The number of pyridine rings is 1. The first-order valence-corrected chi connectivity index (χ1v) is 6.25. The fraction of sp³-hybridized carbons (Fsp3) is 0.143. The predicted molar refractivity (Wildman–Crippen MR) is 76.5 cm³/mol. The van der Waals surface area contributed by atoms with E-state index in [0.717, 1.165) is 0 Å². The minimum Gasteiger partial charge on any atom is -0.494 e. The second-order valence-corrected chi connectivity index (χ2v) is 4.04. The fourth-order valence-corrected chi connectivity index (χ4v) is 1.71. The Balaban J connectivity index is 2.27. The Labute approximate surface area is 120 Å². The molecule has 7 heteroatoms. The molecule has 0 radical (unpaired) electrons. The summed E-state index contributed by atoms with van der Waals surface area (Å²) in [6.45, 7) is 2.18. The van der Waals surface area contributed by atoms with E-state index in [2.05, 4.69) is 10.3 Å². The molecule has 0 aliphatic rings. The number of rotatable bonds is 5. The van der Waals surface area contributed by atoms with Crippen LogP contribution in [0.4, 0.5) is 11.4 Å². The van der Waals surface area contributed by atoms with Gasteiger partial charge in [-0.15, -0.1) is 0 Å². The second-order valence-electron chi connectivity index (χ2n) is 4.04. The molecule has 0 aliphatic carbocycles. The van der Waals surface area contributed by atoms with Gasteiger partial charge in [0.15, 0.2) is 0 Å². The van der Waals surface area contributed by atoms with Gasteiger partial charge in [0.2, 0.25) is 0 Å². The molecule has 0 aliphatic heterocycles. The number of ether oxygens (including phenoxy) is 1. The molecule has 108 valence electrons. The Morgan fingerprint density at radius 3 is 2.81 bits per heavy atom. The van der Waals surface area contributed by atoms with Crippen molar-refractivity contribution >= 4 is 17.3 Å². The lowest BCUT2D eigenvalue weighted by molar-refractivity contribution is -0.384. The Hall–Kier alpha value is -2.96. The number of nitro groups is 1. The molecule has 0 fully saturated rings. The first kappa shape index (κ1) is 14.4. The highest BCUT2D eigenvalue weighted by Gasteiger charge is 2.18. The molecule has 0 saturated carbocycles. The Kier molecular flexibility index (Phi) is 4.45. The molecule has 0 spiro atoms. The summed E-state index contributed by atoms with van der Waals surface area (Å²) in [6, 6.07) is 9.13. The number of benzene rings is 1. The zero-order chi connectivity index (χ0) is 15.2. The van der Waals surface area contributed by atoms with Crippen LogP contribution in [-0.2, 0) is 0 Å². The van der Waals surface area contributed by atoms with E-state index in [4.69, 9.17) is 4.74 Å². The number of aromatic nitrogens is 1. The molecule has 0 atom stereocenters. The quantitative estimate of drug-likeness (QED) is 0.673. The predicted octanol–water partition coefficient (Wildman–Crippen LogP) is 2.64. The van der Waals surface area contributed by atoms with Crippen LogP contribution in [0.25, 0.3) is 0 Å². The highest BCUT2D eigenvalue weighted by Crippen LogP contribution is 2.29. The number of hydrogen-bond donors (Lipinski definition) is 1. The van der Waals surface area contributed by atoms with Crippen molar-refractivity contribution in [1.82, 2.24) is 4.98 Å². The Bertz CT molecular complexity index is 659. The number of carbonyl (C=O) groups excluding carboxylic acids is 1. The van der Waals surface area contributed by atoms with E-state index in [9.17, 15) is 14.9 Å². The van der Waals surface area contributed by atoms with Gasteiger partial charge in [0, 0.05) is 6.20 Å². The number of amides is 1. The summed E-state index contributed by atoms with van der Waals surface area (Å²) in [5.74, 6) is -0.136. The van der Waals surface area contributed by atoms with Gasteiger partial charge in [-0.2, -0.15) is 0 Å². The number of carbonyl (C=O) groups is 1. The molecule has 1 amide bonds. The number of hydrogen-bond acceptors (Lipinski definition) is 5. The molecule has 21 heavy (non-hydrogen) atoms. The third kappa shape index (κ3) is 3.53. The summed E-state index contributed by atoms with van der Waals surface area (Å²) in [4.78, 5) is 26.4. The molecule has 1 aromatic carbocycles. The van der Waals surface area contributed by atoms with E-state index in [1.165, 1.54) is 24.4 Å². The van der Waals surface area contributed by atoms with Gasteiger partial charge in [-0.25, -0.2) is 0 Å². The zero-order valence-corrected chi connectivity index (χ0v) is 11.3. The van der Waals surface area contributed by atoms with E-state index in [1.807, 2.05) is 0 Å². The minimum absolute atomic E-state index is 0.0964. The average molecular weight is 287 g/mol. The van der Waals surface area contributed by atoms with Crippen molar-refractivity contribution in [3.8, 4) is 5.75 Å². The summed E-state index contributed by atoms with van der Waals surface area (Å²) < 4.78 is 5.21. The van der Waals surface area contributed by atoms with Gasteiger partial charge in [-0.05, 0) is 31.2 Å². The lowest BCUT2D eigenvalue weighted by Gasteiger charge is -2.08. The van der Waals surface area contributed by atoms with Crippen molar-refractivity contribution < 1.29 is 14.5 Å². The van der Waals surface area contributed by atoms with Crippen LogP contribution in [0.3, 0.4) is 0 Å². The maximum atomic E-state index is 12.0. The van der Waals surface area contributed by atoms with Crippen molar-refractivity contribution in [1.29, 1.82) is 0 Å². The molecule has 1 aromatic heterocycles. The van der Waals surface area contributed by atoms with Gasteiger partial charge < -0.3 is 10.1 Å². The smallest absolute Gasteiger partial charge is 0.296 e. The van der Waals surface area contributed by atoms with Crippen LogP contribution in [0.15, 0.2) is 42.6 Å². The third-order valence-corrected chi connectivity index (χ3v) is 2.62. The van der Waals surface area contributed by atoms with Crippen molar-refractivity contribution in [2.45, 2.75) is 6.92 Å². The van der Waals surface area contributed by atoms with Gasteiger partial charge in [0.05, 0.1) is 17.6 Å². The van der Waals surface area contributed by atoms with Crippen LogP contribution in [0.5, 0.6) is 5.75 Å². The molecule has 1 heterocycles. The van der Waals surface area contributed by atoms with Gasteiger partial charge in [-0.1, -0.05) is 6.07 Å². The molecule has 0 bridgehead atoms. The van der Waals surface area contributed by atoms with Crippen LogP contribution in [0.2, 0.25) is 0 Å². The lowest BCUT2D eigenvalue weighted by Crippen LogP contribution is -2.14. The SMILES string of the molecule is CCOc1ccc(NC(=O)c2ccccn2)c([N+](=O)[O-])c1. The topological polar surface area (TPSA) is 94.4 Å². The van der Waals surface area contributed by atoms with E-state index in [0.29, 0.717) is 12.4 Å². The molecule has 0 saturated heterocycles. The number of anilines is 1. The standard InChI is InChI=1S/C14H13N3O4/c1-2-21-10-6-7-11(13(9-10)17(19)20)16-14(18)12-5-3-4-8-15-12/h3-9H,2H2,1H3,(H,16,18). The fourth-order valence-electron chi connectivity index (χ4n) is 1.71. The van der Waals surface area contributed by atoms with Crippen LogP contribution >= 0.6 is 0 Å². The van der Waals surface area contributed by atoms with Crippen molar-refractivity contribution in [2.75, 3.05) is 11.9 Å². The molecular weight excluding hydrogens is 274 g/mol. The Morgan fingerprint density at radius 1 is 1.38 bits per heavy atom. The monoisotopic (exact) mass is 287 g/mol. The average Bonchev–Trinajstić information content (AvgIpc) is 2.49. The molecule has 7 nitrogen and oxygen atoms in total. The number of nitrogens with zero attached hydrogens (tertiary/aromatic N) is 2. The van der Waals surface area contributed by atoms with Crippen LogP contribution in [-0.4, -0.2) is 22.4 Å². The summed E-state index contributed by atoms with van der Waals surface area (Å²) in [6.07, 6.45) is 1.47. The Morgan fingerprint density at radius 2 is 2.19 bits per heavy atom. The number of nitrogens with one attached hydrogen (secondary N) is 1. The summed E-state index contributed by atoms with van der Waals surface area (Å²) in [7, 11) is 0.